The predicted octanol–water partition coefficient (Wildman–Crippen LogP) is 4.19. The number of rotatable bonds is 5. The van der Waals surface area contributed by atoms with E-state index in [2.05, 4.69) is 15.6 Å². The lowest BCUT2D eigenvalue weighted by Gasteiger charge is -2.10. The van der Waals surface area contributed by atoms with Crippen LogP contribution in [0.5, 0.6) is 0 Å². The molecule has 0 fully saturated rings. The van der Waals surface area contributed by atoms with Crippen LogP contribution in [-0.2, 0) is 6.54 Å². The second-order valence-corrected chi connectivity index (χ2v) is 6.87. The molecule has 0 saturated carbocycles. The van der Waals surface area contributed by atoms with E-state index >= 15 is 0 Å². The third-order valence-corrected chi connectivity index (χ3v) is 4.46. The molecule has 28 heavy (non-hydrogen) atoms. The van der Waals surface area contributed by atoms with Crippen LogP contribution < -0.4 is 10.6 Å². The number of carbonyl (C=O) groups is 2. The van der Waals surface area contributed by atoms with Crippen LogP contribution in [0.2, 0.25) is 0 Å². The molecule has 0 radical (unpaired) electrons. The van der Waals surface area contributed by atoms with E-state index in [1.807, 2.05) is 63.2 Å². The average molecular weight is 373 g/mol. The van der Waals surface area contributed by atoms with Gasteiger partial charge in [0.15, 0.2) is 0 Å². The monoisotopic (exact) mass is 373 g/mol. The number of aryl methyl sites for hydroxylation is 3. The molecule has 0 spiro atoms. The van der Waals surface area contributed by atoms with Gasteiger partial charge in [0.1, 0.15) is 5.69 Å². The third kappa shape index (κ3) is 4.82. The van der Waals surface area contributed by atoms with Gasteiger partial charge in [0, 0.05) is 24.0 Å². The first-order valence-corrected chi connectivity index (χ1v) is 9.11. The number of aromatic nitrogens is 1. The summed E-state index contributed by atoms with van der Waals surface area (Å²) in [6.07, 6.45) is 1.47. The molecule has 0 saturated heterocycles. The molecule has 0 bridgehead atoms. The Labute approximate surface area is 164 Å². The predicted molar refractivity (Wildman–Crippen MR) is 110 cm³/mol. The van der Waals surface area contributed by atoms with Gasteiger partial charge in [0.05, 0.1) is 0 Å². The van der Waals surface area contributed by atoms with Gasteiger partial charge in [-0.25, -0.2) is 0 Å². The van der Waals surface area contributed by atoms with Gasteiger partial charge in [-0.1, -0.05) is 47.5 Å². The van der Waals surface area contributed by atoms with Gasteiger partial charge in [0.25, 0.3) is 11.8 Å². The number of nitrogens with zero attached hydrogens (tertiary/aromatic N) is 1. The van der Waals surface area contributed by atoms with Gasteiger partial charge in [-0.3, -0.25) is 14.6 Å². The van der Waals surface area contributed by atoms with E-state index in [4.69, 9.17) is 0 Å². The van der Waals surface area contributed by atoms with Crippen LogP contribution >= 0.6 is 0 Å². The van der Waals surface area contributed by atoms with Crippen molar-refractivity contribution < 1.29 is 9.59 Å². The molecular weight excluding hydrogens is 350 g/mol. The topological polar surface area (TPSA) is 71.1 Å². The fourth-order valence-corrected chi connectivity index (χ4v) is 2.83. The summed E-state index contributed by atoms with van der Waals surface area (Å²) >= 11 is 0. The van der Waals surface area contributed by atoms with Crippen molar-refractivity contribution in [3.63, 3.8) is 0 Å². The van der Waals surface area contributed by atoms with Crippen molar-refractivity contribution >= 4 is 17.5 Å². The van der Waals surface area contributed by atoms with E-state index in [0.29, 0.717) is 12.1 Å². The zero-order valence-electron chi connectivity index (χ0n) is 16.2. The fraction of sp³-hybridized carbons (Fsp3) is 0.174. The van der Waals surface area contributed by atoms with E-state index in [0.717, 1.165) is 22.4 Å². The molecule has 0 aliphatic carbocycles. The summed E-state index contributed by atoms with van der Waals surface area (Å²) in [4.78, 5) is 29.1. The van der Waals surface area contributed by atoms with Crippen LogP contribution in [0.3, 0.4) is 0 Å². The highest BCUT2D eigenvalue weighted by Gasteiger charge is 2.13. The molecule has 2 amide bonds. The quantitative estimate of drug-likeness (QED) is 0.704. The molecule has 3 aromatic rings. The van der Waals surface area contributed by atoms with Gasteiger partial charge in [0.2, 0.25) is 0 Å². The molecular formula is C23H23N3O2. The number of carbonyl (C=O) groups excluding carboxylic acids is 2. The Bertz CT molecular complexity index is 1010. The van der Waals surface area contributed by atoms with Crippen molar-refractivity contribution in [1.82, 2.24) is 10.3 Å². The summed E-state index contributed by atoms with van der Waals surface area (Å²) < 4.78 is 0. The Morgan fingerprint density at radius 1 is 0.857 bits per heavy atom. The number of pyridine rings is 1. The molecule has 0 aliphatic rings. The van der Waals surface area contributed by atoms with E-state index in [9.17, 15) is 9.59 Å². The maximum Gasteiger partial charge on any atom is 0.274 e. The van der Waals surface area contributed by atoms with Crippen LogP contribution in [0.1, 0.15) is 43.1 Å². The minimum Gasteiger partial charge on any atom is -0.348 e. The van der Waals surface area contributed by atoms with Gasteiger partial charge in [-0.2, -0.15) is 0 Å². The smallest absolute Gasteiger partial charge is 0.274 e. The maximum absolute atomic E-state index is 12.5. The summed E-state index contributed by atoms with van der Waals surface area (Å²) in [5, 5.41) is 5.72. The zero-order chi connectivity index (χ0) is 20.1. The molecule has 5 nitrogen and oxygen atoms in total. The Hall–Kier alpha value is -3.47. The summed E-state index contributed by atoms with van der Waals surface area (Å²) in [6, 6.07) is 16.9. The molecule has 142 valence electrons. The van der Waals surface area contributed by atoms with E-state index < -0.39 is 0 Å². The molecule has 5 heteroatoms. The molecule has 3 rings (SSSR count). The second kappa shape index (κ2) is 8.48. The van der Waals surface area contributed by atoms with Crippen LogP contribution in [0.25, 0.3) is 0 Å². The first-order chi connectivity index (χ1) is 13.4. The SMILES string of the molecule is Cc1ccc(CNC(=O)c2ccnc(C(=O)Nc3ccc(C)cc3C)c2)cc1. The van der Waals surface area contributed by atoms with Crippen molar-refractivity contribution in [3.8, 4) is 0 Å². The number of amides is 2. The third-order valence-electron chi connectivity index (χ3n) is 4.46. The Balaban J connectivity index is 1.67. The maximum atomic E-state index is 12.5. The highest BCUT2D eigenvalue weighted by atomic mass is 16.2. The zero-order valence-corrected chi connectivity index (χ0v) is 16.2. The molecule has 0 unspecified atom stereocenters. The number of hydrogen-bond acceptors (Lipinski definition) is 3. The standard InChI is InChI=1S/C23H23N3O2/c1-15-4-7-18(8-5-15)14-25-22(27)19-10-11-24-21(13-19)23(28)26-20-9-6-16(2)12-17(20)3/h4-13H,14H2,1-3H3,(H,25,27)(H,26,28). The van der Waals surface area contributed by atoms with Gasteiger partial charge in [-0.15, -0.1) is 0 Å². The molecule has 2 N–H and O–H groups in total. The normalized spacial score (nSPS) is 10.4. The summed E-state index contributed by atoms with van der Waals surface area (Å²) in [7, 11) is 0. The highest BCUT2D eigenvalue weighted by molar-refractivity contribution is 6.05. The van der Waals surface area contributed by atoms with E-state index in [1.54, 1.807) is 6.07 Å². The Morgan fingerprint density at radius 2 is 1.57 bits per heavy atom. The summed E-state index contributed by atoms with van der Waals surface area (Å²) in [5.41, 5.74) is 5.60. The number of benzene rings is 2. The number of anilines is 1. The van der Waals surface area contributed by atoms with Crippen molar-refractivity contribution in [2.75, 3.05) is 5.32 Å². The molecule has 1 heterocycles. The molecule has 0 atom stereocenters. The average Bonchev–Trinajstić information content (AvgIpc) is 2.69. The minimum absolute atomic E-state index is 0.197. The van der Waals surface area contributed by atoms with Crippen LogP contribution in [0, 0.1) is 20.8 Å². The Kier molecular flexibility index (Phi) is 5.84. The Morgan fingerprint density at radius 3 is 2.29 bits per heavy atom. The largest absolute Gasteiger partial charge is 0.348 e. The van der Waals surface area contributed by atoms with E-state index in [1.165, 1.54) is 17.8 Å². The van der Waals surface area contributed by atoms with Crippen molar-refractivity contribution in [2.45, 2.75) is 27.3 Å². The van der Waals surface area contributed by atoms with E-state index in [-0.39, 0.29) is 17.5 Å². The van der Waals surface area contributed by atoms with Gasteiger partial charge in [-0.05, 0) is 50.1 Å². The van der Waals surface area contributed by atoms with Crippen LogP contribution in [0.4, 0.5) is 5.69 Å². The lowest BCUT2D eigenvalue weighted by molar-refractivity contribution is 0.0951. The van der Waals surface area contributed by atoms with Crippen molar-refractivity contribution in [2.24, 2.45) is 0 Å². The first-order valence-electron chi connectivity index (χ1n) is 9.11. The van der Waals surface area contributed by atoms with Gasteiger partial charge >= 0.3 is 0 Å². The van der Waals surface area contributed by atoms with Crippen LogP contribution in [-0.4, -0.2) is 16.8 Å². The number of hydrogen-bond donors (Lipinski definition) is 2. The summed E-state index contributed by atoms with van der Waals surface area (Å²) in [6.45, 7) is 6.37. The van der Waals surface area contributed by atoms with Gasteiger partial charge < -0.3 is 10.6 Å². The van der Waals surface area contributed by atoms with Crippen molar-refractivity contribution in [1.29, 1.82) is 0 Å². The first kappa shape index (κ1) is 19.3. The lowest BCUT2D eigenvalue weighted by Crippen LogP contribution is -2.23. The highest BCUT2D eigenvalue weighted by Crippen LogP contribution is 2.17. The minimum atomic E-state index is -0.347. The summed E-state index contributed by atoms with van der Waals surface area (Å²) in [5.74, 6) is -0.594. The molecule has 1 aromatic heterocycles. The lowest BCUT2D eigenvalue weighted by atomic mass is 10.1. The molecule has 0 aliphatic heterocycles. The fourth-order valence-electron chi connectivity index (χ4n) is 2.83. The molecule has 2 aromatic carbocycles. The van der Waals surface area contributed by atoms with Crippen LogP contribution in [0.15, 0.2) is 60.8 Å². The van der Waals surface area contributed by atoms with Crippen molar-refractivity contribution in [3.05, 3.63) is 94.3 Å². The number of nitrogens with one attached hydrogen (secondary N) is 2. The second-order valence-electron chi connectivity index (χ2n) is 6.87.